The van der Waals surface area contributed by atoms with Gasteiger partial charge in [0.15, 0.2) is 0 Å². The second-order valence-electron chi connectivity index (χ2n) is 4.39. The molecule has 0 radical (unpaired) electrons. The molecule has 6 heteroatoms. The number of pyridine rings is 1. The lowest BCUT2D eigenvalue weighted by atomic mass is 10.2. The average Bonchev–Trinajstić information content (AvgIpc) is 2.41. The second kappa shape index (κ2) is 5.58. The molecule has 18 heavy (non-hydrogen) atoms. The molecular weight excluding hydrogens is 248 g/mol. The van der Waals surface area contributed by atoms with Crippen LogP contribution < -0.4 is 11.3 Å². The number of nitrogens with one attached hydrogen (secondary N) is 1. The van der Waals surface area contributed by atoms with Crippen molar-refractivity contribution in [1.29, 1.82) is 0 Å². The number of nitrogens with two attached hydrogens (primary N) is 1. The fourth-order valence-electron chi connectivity index (χ4n) is 1.97. The summed E-state index contributed by atoms with van der Waals surface area (Å²) in [4.78, 5) is 18.4. The van der Waals surface area contributed by atoms with Crippen molar-refractivity contribution in [2.75, 3.05) is 17.7 Å². The van der Waals surface area contributed by atoms with Crippen LogP contribution in [0.15, 0.2) is 18.3 Å². The number of anilines is 1. The van der Waals surface area contributed by atoms with Gasteiger partial charge in [-0.2, -0.15) is 11.8 Å². The van der Waals surface area contributed by atoms with E-state index in [4.69, 9.17) is 5.84 Å². The van der Waals surface area contributed by atoms with E-state index in [1.807, 2.05) is 16.7 Å². The highest BCUT2D eigenvalue weighted by Crippen LogP contribution is 2.25. The molecule has 0 bridgehead atoms. The zero-order valence-corrected chi connectivity index (χ0v) is 11.4. The smallest absolute Gasteiger partial charge is 0.272 e. The Kier molecular flexibility index (Phi) is 4.08. The molecule has 2 atom stereocenters. The topological polar surface area (TPSA) is 71.2 Å². The monoisotopic (exact) mass is 266 g/mol. The predicted molar refractivity (Wildman–Crippen MR) is 74.5 cm³/mol. The minimum absolute atomic E-state index is 0.00165. The lowest BCUT2D eigenvalue weighted by Gasteiger charge is -2.37. The molecule has 0 saturated carbocycles. The summed E-state index contributed by atoms with van der Waals surface area (Å²) in [5.74, 6) is 6.26. The number of nitrogen functional groups attached to an aromatic ring is 1. The van der Waals surface area contributed by atoms with E-state index in [9.17, 15) is 4.79 Å². The lowest BCUT2D eigenvalue weighted by molar-refractivity contribution is 0.0692. The Morgan fingerprint density at radius 1 is 1.56 bits per heavy atom. The fraction of sp³-hybridized carbons (Fsp3) is 0.500. The van der Waals surface area contributed by atoms with Gasteiger partial charge in [-0.3, -0.25) is 10.6 Å². The molecule has 1 aliphatic heterocycles. The maximum absolute atomic E-state index is 12.4. The van der Waals surface area contributed by atoms with Gasteiger partial charge in [0.05, 0.1) is 11.9 Å². The molecule has 3 N–H and O–H groups in total. The zero-order chi connectivity index (χ0) is 13.1. The Balaban J connectivity index is 2.14. The molecule has 1 fully saturated rings. The van der Waals surface area contributed by atoms with Gasteiger partial charge in [0.1, 0.15) is 5.69 Å². The first kappa shape index (κ1) is 13.2. The van der Waals surface area contributed by atoms with Gasteiger partial charge in [-0.15, -0.1) is 0 Å². The summed E-state index contributed by atoms with van der Waals surface area (Å²) in [6.07, 6.45) is 1.57. The van der Waals surface area contributed by atoms with E-state index in [-0.39, 0.29) is 11.9 Å². The first-order valence-corrected chi connectivity index (χ1v) is 7.03. The van der Waals surface area contributed by atoms with Crippen LogP contribution in [0.3, 0.4) is 0 Å². The summed E-state index contributed by atoms with van der Waals surface area (Å²) in [5, 5.41) is 0.465. The number of hydrogen-bond donors (Lipinski definition) is 2. The van der Waals surface area contributed by atoms with E-state index in [1.54, 1.807) is 18.3 Å². The van der Waals surface area contributed by atoms with Gasteiger partial charge in [0, 0.05) is 23.6 Å². The van der Waals surface area contributed by atoms with E-state index < -0.39 is 0 Å². The van der Waals surface area contributed by atoms with E-state index in [0.29, 0.717) is 16.6 Å². The van der Waals surface area contributed by atoms with Crippen molar-refractivity contribution in [2.45, 2.75) is 25.1 Å². The number of hydrogen-bond acceptors (Lipinski definition) is 5. The molecule has 1 amide bonds. The van der Waals surface area contributed by atoms with Crippen molar-refractivity contribution >= 4 is 23.4 Å². The fourth-order valence-corrected chi connectivity index (χ4v) is 3.07. The van der Waals surface area contributed by atoms with Crippen molar-refractivity contribution in [2.24, 2.45) is 5.84 Å². The van der Waals surface area contributed by atoms with E-state index in [1.165, 1.54) is 0 Å². The predicted octanol–water partition coefficient (Wildman–Crippen LogP) is 1.33. The van der Waals surface area contributed by atoms with Crippen LogP contribution in [0.4, 0.5) is 5.69 Å². The Morgan fingerprint density at radius 2 is 2.33 bits per heavy atom. The number of amides is 1. The van der Waals surface area contributed by atoms with E-state index >= 15 is 0 Å². The largest absolute Gasteiger partial charge is 0.333 e. The third-order valence-corrected chi connectivity index (χ3v) is 4.63. The van der Waals surface area contributed by atoms with Crippen LogP contribution in [-0.2, 0) is 0 Å². The summed E-state index contributed by atoms with van der Waals surface area (Å²) in [6, 6.07) is 3.70. The number of carbonyl (C=O) groups is 1. The van der Waals surface area contributed by atoms with Gasteiger partial charge >= 0.3 is 0 Å². The molecule has 0 aliphatic carbocycles. The summed E-state index contributed by atoms with van der Waals surface area (Å²) in [7, 11) is 0. The highest BCUT2D eigenvalue weighted by Gasteiger charge is 2.29. The summed E-state index contributed by atoms with van der Waals surface area (Å²) >= 11 is 1.91. The maximum atomic E-state index is 12.4. The minimum Gasteiger partial charge on any atom is -0.333 e. The molecule has 98 valence electrons. The molecule has 2 unspecified atom stereocenters. The summed E-state index contributed by atoms with van der Waals surface area (Å²) < 4.78 is 0. The van der Waals surface area contributed by atoms with Gasteiger partial charge in [0.2, 0.25) is 0 Å². The molecule has 0 aromatic carbocycles. The Bertz CT molecular complexity index is 423. The molecule has 5 nitrogen and oxygen atoms in total. The van der Waals surface area contributed by atoms with Crippen molar-refractivity contribution in [1.82, 2.24) is 9.88 Å². The zero-order valence-electron chi connectivity index (χ0n) is 10.6. The normalized spacial score (nSPS) is 23.8. The molecule has 1 aliphatic rings. The Hall–Kier alpha value is -1.27. The number of aromatic nitrogens is 1. The van der Waals surface area contributed by atoms with Crippen LogP contribution >= 0.6 is 11.8 Å². The van der Waals surface area contributed by atoms with Crippen LogP contribution in [0.25, 0.3) is 0 Å². The summed E-state index contributed by atoms with van der Waals surface area (Å²) in [5.41, 5.74) is 3.67. The molecule has 2 rings (SSSR count). The molecule has 1 aromatic heterocycles. The third kappa shape index (κ3) is 2.59. The number of hydrazine groups is 1. The number of nitrogens with zero attached hydrogens (tertiary/aromatic N) is 2. The van der Waals surface area contributed by atoms with E-state index in [0.717, 1.165) is 12.3 Å². The van der Waals surface area contributed by atoms with E-state index in [2.05, 4.69) is 24.3 Å². The second-order valence-corrected chi connectivity index (χ2v) is 5.88. The molecule has 2 heterocycles. The molecular formula is C12H18N4OS. The van der Waals surface area contributed by atoms with Gasteiger partial charge in [-0.1, -0.05) is 6.92 Å². The highest BCUT2D eigenvalue weighted by atomic mass is 32.2. The Labute approximate surface area is 111 Å². The van der Waals surface area contributed by atoms with Gasteiger partial charge in [-0.05, 0) is 19.1 Å². The molecule has 1 saturated heterocycles. The van der Waals surface area contributed by atoms with Crippen LogP contribution in [0.2, 0.25) is 0 Å². The molecule has 1 aromatic rings. The van der Waals surface area contributed by atoms with Crippen LogP contribution in [-0.4, -0.2) is 39.4 Å². The van der Waals surface area contributed by atoms with Gasteiger partial charge in [-0.25, -0.2) is 4.98 Å². The molecule has 0 spiro atoms. The van der Waals surface area contributed by atoms with Gasteiger partial charge in [0.25, 0.3) is 5.91 Å². The number of thioether (sulfide) groups is 1. The number of carbonyl (C=O) groups excluding carboxylic acids is 1. The SMILES string of the molecule is CC1SCCN(C(=O)c2ccc(NN)cn2)C1C. The van der Waals surface area contributed by atoms with Crippen molar-refractivity contribution in [3.05, 3.63) is 24.0 Å². The summed E-state index contributed by atoms with van der Waals surface area (Å²) in [6.45, 7) is 5.03. The average molecular weight is 266 g/mol. The van der Waals surface area contributed by atoms with Crippen LogP contribution in [0.1, 0.15) is 24.3 Å². The van der Waals surface area contributed by atoms with Crippen molar-refractivity contribution in [3.63, 3.8) is 0 Å². The van der Waals surface area contributed by atoms with Crippen molar-refractivity contribution in [3.8, 4) is 0 Å². The van der Waals surface area contributed by atoms with Crippen LogP contribution in [0.5, 0.6) is 0 Å². The quantitative estimate of drug-likeness (QED) is 0.624. The van der Waals surface area contributed by atoms with Gasteiger partial charge < -0.3 is 10.3 Å². The first-order chi connectivity index (χ1) is 8.63. The number of rotatable bonds is 2. The van der Waals surface area contributed by atoms with Crippen molar-refractivity contribution < 1.29 is 4.79 Å². The lowest BCUT2D eigenvalue weighted by Crippen LogP contribution is -2.48. The Morgan fingerprint density at radius 3 is 2.94 bits per heavy atom. The van der Waals surface area contributed by atoms with Crippen LogP contribution in [0, 0.1) is 0 Å². The standard InChI is InChI=1S/C12H18N4OS/c1-8-9(2)18-6-5-16(8)12(17)11-4-3-10(15-13)7-14-11/h3-4,7-9,15H,5-6,13H2,1-2H3. The third-order valence-electron chi connectivity index (χ3n) is 3.29. The maximum Gasteiger partial charge on any atom is 0.272 e. The highest BCUT2D eigenvalue weighted by molar-refractivity contribution is 8.00. The minimum atomic E-state index is -0.00165. The first-order valence-electron chi connectivity index (χ1n) is 5.98.